The molecule has 1 heterocycles. The molecule has 3 atom stereocenters. The maximum Gasteiger partial charge on any atom is 0.320 e. The summed E-state index contributed by atoms with van der Waals surface area (Å²) in [6, 6.07) is 13.8. The number of nitro benzene ring substituents is 1. The number of nitrogens with zero attached hydrogens (tertiary/aromatic N) is 2. The number of hydrogen-bond donors (Lipinski definition) is 2. The monoisotopic (exact) mass is 395 g/mol. The van der Waals surface area contributed by atoms with Crippen molar-refractivity contribution in [3.05, 3.63) is 75.8 Å². The number of ketones is 1. The van der Waals surface area contributed by atoms with Crippen LogP contribution in [0.1, 0.15) is 36.4 Å². The van der Waals surface area contributed by atoms with Gasteiger partial charge in [0.15, 0.2) is 5.72 Å². The zero-order valence-corrected chi connectivity index (χ0v) is 15.7. The summed E-state index contributed by atoms with van der Waals surface area (Å²) in [5, 5.41) is 25.3. The van der Waals surface area contributed by atoms with Gasteiger partial charge in [-0.25, -0.2) is 4.79 Å². The summed E-state index contributed by atoms with van der Waals surface area (Å²) < 4.78 is 0. The van der Waals surface area contributed by atoms with E-state index in [4.69, 9.17) is 0 Å². The van der Waals surface area contributed by atoms with Crippen LogP contribution in [0.5, 0.6) is 0 Å². The number of benzene rings is 2. The van der Waals surface area contributed by atoms with Crippen LogP contribution >= 0.6 is 0 Å². The molecule has 2 fully saturated rings. The molecule has 2 amide bonds. The molecule has 8 heteroatoms. The van der Waals surface area contributed by atoms with Crippen molar-refractivity contribution >= 4 is 17.5 Å². The molecule has 0 unspecified atom stereocenters. The molecule has 1 saturated heterocycles. The van der Waals surface area contributed by atoms with Crippen molar-refractivity contribution in [2.75, 3.05) is 0 Å². The van der Waals surface area contributed by atoms with E-state index >= 15 is 0 Å². The van der Waals surface area contributed by atoms with Crippen molar-refractivity contribution in [3.63, 3.8) is 0 Å². The van der Waals surface area contributed by atoms with Gasteiger partial charge in [0.1, 0.15) is 5.78 Å². The van der Waals surface area contributed by atoms with Gasteiger partial charge in [-0.2, -0.15) is 0 Å². The van der Waals surface area contributed by atoms with Gasteiger partial charge in [-0.15, -0.1) is 0 Å². The number of rotatable bonds is 4. The Balaban J connectivity index is 1.70. The number of urea groups is 1. The van der Waals surface area contributed by atoms with Gasteiger partial charge in [0.2, 0.25) is 0 Å². The SMILES string of the molecule is O=C1CCC[C@]2(O)[C@@H]1[C@H](c1ccc([N+](=O)[O-])cc1)NC(=O)N2Cc1ccccc1. The van der Waals surface area contributed by atoms with Crippen LogP contribution in [0.3, 0.4) is 0 Å². The number of Topliss-reactive ketones (excluding diaryl/α,β-unsaturated/α-hetero) is 1. The summed E-state index contributed by atoms with van der Waals surface area (Å²) in [5.41, 5.74) is -0.282. The van der Waals surface area contributed by atoms with Crippen molar-refractivity contribution < 1.29 is 19.6 Å². The van der Waals surface area contributed by atoms with Crippen LogP contribution < -0.4 is 5.32 Å². The van der Waals surface area contributed by atoms with E-state index in [2.05, 4.69) is 5.32 Å². The van der Waals surface area contributed by atoms with Crippen molar-refractivity contribution in [1.82, 2.24) is 10.2 Å². The Bertz CT molecular complexity index is 947. The van der Waals surface area contributed by atoms with E-state index in [9.17, 15) is 24.8 Å². The summed E-state index contributed by atoms with van der Waals surface area (Å²) in [7, 11) is 0. The van der Waals surface area contributed by atoms with E-state index in [0.29, 0.717) is 24.8 Å². The predicted octanol–water partition coefficient (Wildman–Crippen LogP) is 2.92. The molecule has 0 spiro atoms. The second-order valence-electron chi connectivity index (χ2n) is 7.52. The lowest BCUT2D eigenvalue weighted by Gasteiger charge is -2.53. The van der Waals surface area contributed by atoms with Crippen LogP contribution in [0.4, 0.5) is 10.5 Å². The van der Waals surface area contributed by atoms with E-state index in [0.717, 1.165) is 5.56 Å². The zero-order valence-electron chi connectivity index (χ0n) is 15.7. The van der Waals surface area contributed by atoms with Crippen molar-refractivity contribution in [1.29, 1.82) is 0 Å². The molecular weight excluding hydrogens is 374 g/mol. The highest BCUT2D eigenvalue weighted by molar-refractivity contribution is 5.88. The lowest BCUT2D eigenvalue weighted by atomic mass is 9.71. The second kappa shape index (κ2) is 7.29. The number of amides is 2. The summed E-state index contributed by atoms with van der Waals surface area (Å²) >= 11 is 0. The minimum atomic E-state index is -1.61. The molecule has 1 aliphatic carbocycles. The van der Waals surface area contributed by atoms with Crippen LogP contribution in [0.25, 0.3) is 0 Å². The molecule has 0 radical (unpaired) electrons. The molecule has 1 aliphatic heterocycles. The number of hydrogen-bond acceptors (Lipinski definition) is 5. The average Bonchev–Trinajstić information content (AvgIpc) is 2.71. The number of non-ortho nitro benzene ring substituents is 1. The first-order valence-corrected chi connectivity index (χ1v) is 9.51. The van der Waals surface area contributed by atoms with Crippen molar-refractivity contribution in [2.45, 2.75) is 37.6 Å². The fraction of sp³-hybridized carbons (Fsp3) is 0.333. The van der Waals surface area contributed by atoms with Gasteiger partial charge in [0.25, 0.3) is 5.69 Å². The largest absolute Gasteiger partial charge is 0.370 e. The van der Waals surface area contributed by atoms with E-state index < -0.39 is 28.6 Å². The third-order valence-electron chi connectivity index (χ3n) is 5.78. The number of aliphatic hydroxyl groups is 1. The van der Waals surface area contributed by atoms with Gasteiger partial charge in [-0.1, -0.05) is 42.5 Å². The smallest absolute Gasteiger partial charge is 0.320 e. The summed E-state index contributed by atoms with van der Waals surface area (Å²) in [5.74, 6) is -0.973. The standard InChI is InChI=1S/C21H21N3O5/c25-17-7-4-12-21(27)18(17)19(15-8-10-16(11-9-15)24(28)29)22-20(26)23(21)13-14-5-2-1-3-6-14/h1-3,5-6,8-11,18-19,27H,4,7,12-13H2,(H,22,26)/t18-,19-,21-/m0/s1. The van der Waals surface area contributed by atoms with Gasteiger partial charge in [0, 0.05) is 18.6 Å². The van der Waals surface area contributed by atoms with Crippen LogP contribution in [0.2, 0.25) is 0 Å². The average molecular weight is 395 g/mol. The molecule has 29 heavy (non-hydrogen) atoms. The van der Waals surface area contributed by atoms with Gasteiger partial charge >= 0.3 is 6.03 Å². The van der Waals surface area contributed by atoms with Gasteiger partial charge in [-0.3, -0.25) is 19.8 Å². The third-order valence-corrected chi connectivity index (χ3v) is 5.78. The topological polar surface area (TPSA) is 113 Å². The summed E-state index contributed by atoms with van der Waals surface area (Å²) in [6.07, 6.45) is 1.12. The quantitative estimate of drug-likeness (QED) is 0.610. The molecule has 2 aliphatic rings. The van der Waals surface area contributed by atoms with Gasteiger partial charge < -0.3 is 10.4 Å². The predicted molar refractivity (Wildman–Crippen MR) is 104 cm³/mol. The van der Waals surface area contributed by atoms with Gasteiger partial charge in [-0.05, 0) is 24.0 Å². The maximum atomic E-state index is 13.0. The molecule has 150 valence electrons. The number of fused-ring (bicyclic) bond motifs is 1. The number of carbonyl (C=O) groups excluding carboxylic acids is 2. The molecule has 4 rings (SSSR count). The Kier molecular flexibility index (Phi) is 4.79. The Morgan fingerprint density at radius 2 is 1.83 bits per heavy atom. The Morgan fingerprint density at radius 3 is 2.48 bits per heavy atom. The Morgan fingerprint density at radius 1 is 1.14 bits per heavy atom. The van der Waals surface area contributed by atoms with Gasteiger partial charge in [0.05, 0.1) is 23.4 Å². The minimum absolute atomic E-state index is 0.0770. The highest BCUT2D eigenvalue weighted by atomic mass is 16.6. The second-order valence-corrected chi connectivity index (χ2v) is 7.52. The molecular formula is C21H21N3O5. The highest BCUT2D eigenvalue weighted by Crippen LogP contribution is 2.45. The number of nitro groups is 1. The first-order valence-electron chi connectivity index (χ1n) is 9.51. The molecule has 0 aromatic heterocycles. The normalized spacial score (nSPS) is 26.6. The molecule has 2 aromatic rings. The fourth-order valence-electron chi connectivity index (χ4n) is 4.37. The number of carbonyl (C=O) groups is 2. The van der Waals surface area contributed by atoms with E-state index in [1.807, 2.05) is 30.3 Å². The van der Waals surface area contributed by atoms with Crippen LogP contribution in [-0.4, -0.2) is 32.5 Å². The van der Waals surface area contributed by atoms with Crippen molar-refractivity contribution in [2.24, 2.45) is 5.92 Å². The summed E-state index contributed by atoms with van der Waals surface area (Å²) in [4.78, 5) is 37.6. The van der Waals surface area contributed by atoms with Crippen LogP contribution in [0.15, 0.2) is 54.6 Å². The fourth-order valence-corrected chi connectivity index (χ4v) is 4.37. The first-order chi connectivity index (χ1) is 13.9. The summed E-state index contributed by atoms with van der Waals surface area (Å²) in [6.45, 7) is 0.180. The Labute approximate surface area is 167 Å². The molecule has 0 bridgehead atoms. The van der Waals surface area contributed by atoms with Crippen molar-refractivity contribution in [3.8, 4) is 0 Å². The highest BCUT2D eigenvalue weighted by Gasteiger charge is 2.57. The molecule has 1 saturated carbocycles. The van der Waals surface area contributed by atoms with Crippen LogP contribution in [-0.2, 0) is 11.3 Å². The maximum absolute atomic E-state index is 13.0. The number of nitrogens with one attached hydrogen (secondary N) is 1. The Hall–Kier alpha value is -3.26. The van der Waals surface area contributed by atoms with E-state index in [-0.39, 0.29) is 18.0 Å². The van der Waals surface area contributed by atoms with Crippen LogP contribution in [0, 0.1) is 16.0 Å². The van der Waals surface area contributed by atoms with E-state index in [1.165, 1.54) is 29.2 Å². The zero-order chi connectivity index (χ0) is 20.6. The molecule has 2 aromatic carbocycles. The first kappa shape index (κ1) is 19.1. The molecule has 2 N–H and O–H groups in total. The third kappa shape index (κ3) is 3.36. The lowest BCUT2D eigenvalue weighted by Crippen LogP contribution is -2.69. The van der Waals surface area contributed by atoms with E-state index in [1.54, 1.807) is 0 Å². The minimum Gasteiger partial charge on any atom is -0.370 e. The molecule has 8 nitrogen and oxygen atoms in total. The lowest BCUT2D eigenvalue weighted by molar-refractivity contribution is -0.384.